The van der Waals surface area contributed by atoms with Crippen LogP contribution in [0.2, 0.25) is 0 Å². The quantitative estimate of drug-likeness (QED) is 0.686. The normalized spacial score (nSPS) is 14.1. The zero-order valence-electron chi connectivity index (χ0n) is 9.97. The van der Waals surface area contributed by atoms with Gasteiger partial charge in [0.2, 0.25) is 0 Å². The average Bonchev–Trinajstić information content (AvgIpc) is 2.10. The van der Waals surface area contributed by atoms with Gasteiger partial charge in [-0.05, 0) is 19.8 Å². The van der Waals surface area contributed by atoms with Gasteiger partial charge in [-0.3, -0.25) is 4.79 Å². The van der Waals surface area contributed by atoms with Crippen molar-refractivity contribution in [1.29, 1.82) is 0 Å². The van der Waals surface area contributed by atoms with E-state index >= 15 is 0 Å². The predicted octanol–water partition coefficient (Wildman–Crippen LogP) is 2.93. The molecule has 1 unspecified atom stereocenters. The smallest absolute Gasteiger partial charge is 0.164 e. The largest absolute Gasteiger partial charge is 0.383 e. The van der Waals surface area contributed by atoms with E-state index < -0.39 is 5.60 Å². The number of ketones is 1. The highest BCUT2D eigenvalue weighted by Crippen LogP contribution is 2.20. The SMILES string of the molecule is CCCCC(CC)CC(=O)C(C)(C)O. The molecule has 2 nitrogen and oxygen atoms in total. The molecule has 0 aromatic rings. The van der Waals surface area contributed by atoms with Crippen LogP contribution in [0.15, 0.2) is 0 Å². The van der Waals surface area contributed by atoms with E-state index in [0.29, 0.717) is 12.3 Å². The first kappa shape index (κ1) is 13.6. The monoisotopic (exact) mass is 200 g/mol. The minimum atomic E-state index is -1.15. The van der Waals surface area contributed by atoms with Crippen LogP contribution in [-0.2, 0) is 4.79 Å². The Morgan fingerprint density at radius 2 is 1.93 bits per heavy atom. The second kappa shape index (κ2) is 6.18. The number of aliphatic hydroxyl groups is 1. The first-order valence-electron chi connectivity index (χ1n) is 5.67. The summed E-state index contributed by atoms with van der Waals surface area (Å²) in [5.41, 5.74) is -1.15. The summed E-state index contributed by atoms with van der Waals surface area (Å²) in [6.07, 6.45) is 5.02. The molecule has 0 aliphatic carbocycles. The molecule has 0 heterocycles. The van der Waals surface area contributed by atoms with Crippen molar-refractivity contribution in [3.8, 4) is 0 Å². The number of unbranched alkanes of at least 4 members (excludes halogenated alkanes) is 1. The molecule has 0 rings (SSSR count). The Morgan fingerprint density at radius 3 is 2.29 bits per heavy atom. The first-order valence-corrected chi connectivity index (χ1v) is 5.67. The Hall–Kier alpha value is -0.370. The molecule has 1 atom stereocenters. The van der Waals surface area contributed by atoms with E-state index in [4.69, 9.17) is 0 Å². The molecule has 0 aliphatic heterocycles. The zero-order valence-corrected chi connectivity index (χ0v) is 9.97. The van der Waals surface area contributed by atoms with Crippen LogP contribution >= 0.6 is 0 Å². The van der Waals surface area contributed by atoms with Gasteiger partial charge < -0.3 is 5.11 Å². The number of rotatable bonds is 7. The molecule has 0 spiro atoms. The summed E-state index contributed by atoms with van der Waals surface area (Å²) < 4.78 is 0. The van der Waals surface area contributed by atoms with Crippen LogP contribution in [-0.4, -0.2) is 16.5 Å². The summed E-state index contributed by atoms with van der Waals surface area (Å²) in [6, 6.07) is 0. The number of hydrogen-bond donors (Lipinski definition) is 1. The fourth-order valence-corrected chi connectivity index (χ4v) is 1.46. The van der Waals surface area contributed by atoms with Gasteiger partial charge in [-0.1, -0.05) is 39.5 Å². The van der Waals surface area contributed by atoms with Crippen LogP contribution in [0.3, 0.4) is 0 Å². The Labute approximate surface area is 87.7 Å². The Morgan fingerprint density at radius 1 is 1.36 bits per heavy atom. The lowest BCUT2D eigenvalue weighted by atomic mass is 9.89. The number of Topliss-reactive ketones (excluding diaryl/α,β-unsaturated/α-hetero) is 1. The maximum Gasteiger partial charge on any atom is 0.164 e. The van der Waals surface area contributed by atoms with Gasteiger partial charge in [0, 0.05) is 6.42 Å². The van der Waals surface area contributed by atoms with Crippen molar-refractivity contribution in [2.24, 2.45) is 5.92 Å². The molecule has 0 radical (unpaired) electrons. The fourth-order valence-electron chi connectivity index (χ4n) is 1.46. The highest BCUT2D eigenvalue weighted by molar-refractivity contribution is 5.86. The van der Waals surface area contributed by atoms with Crippen molar-refractivity contribution in [2.45, 2.75) is 65.4 Å². The number of hydrogen-bond acceptors (Lipinski definition) is 2. The van der Waals surface area contributed by atoms with Gasteiger partial charge in [0.15, 0.2) is 5.78 Å². The topological polar surface area (TPSA) is 37.3 Å². The van der Waals surface area contributed by atoms with Crippen molar-refractivity contribution in [3.05, 3.63) is 0 Å². The minimum Gasteiger partial charge on any atom is -0.383 e. The lowest BCUT2D eigenvalue weighted by molar-refractivity contribution is -0.135. The van der Waals surface area contributed by atoms with Gasteiger partial charge in [0.05, 0.1) is 0 Å². The molecule has 2 heteroatoms. The number of carbonyl (C=O) groups excluding carboxylic acids is 1. The lowest BCUT2D eigenvalue weighted by Gasteiger charge is -2.20. The third-order valence-corrected chi connectivity index (χ3v) is 2.70. The van der Waals surface area contributed by atoms with E-state index in [1.807, 2.05) is 0 Å². The molecule has 1 N–H and O–H groups in total. The molecule has 0 bridgehead atoms. The highest BCUT2D eigenvalue weighted by Gasteiger charge is 2.25. The highest BCUT2D eigenvalue weighted by atomic mass is 16.3. The summed E-state index contributed by atoms with van der Waals surface area (Å²) in [5.74, 6) is 0.425. The summed E-state index contributed by atoms with van der Waals surface area (Å²) in [6.45, 7) is 7.41. The Kier molecular flexibility index (Phi) is 6.01. The van der Waals surface area contributed by atoms with Crippen molar-refractivity contribution in [3.63, 3.8) is 0 Å². The van der Waals surface area contributed by atoms with Crippen LogP contribution in [0.1, 0.15) is 59.8 Å². The van der Waals surface area contributed by atoms with E-state index in [1.54, 1.807) is 13.8 Å². The summed E-state index contributed by atoms with van der Waals surface area (Å²) >= 11 is 0. The van der Waals surface area contributed by atoms with Gasteiger partial charge in [-0.2, -0.15) is 0 Å². The molecule has 84 valence electrons. The molecular weight excluding hydrogens is 176 g/mol. The van der Waals surface area contributed by atoms with E-state index in [2.05, 4.69) is 13.8 Å². The van der Waals surface area contributed by atoms with Crippen molar-refractivity contribution < 1.29 is 9.90 Å². The zero-order chi connectivity index (χ0) is 11.2. The van der Waals surface area contributed by atoms with Crippen LogP contribution < -0.4 is 0 Å². The standard InChI is InChI=1S/C12H24O2/c1-5-7-8-10(6-2)9-11(13)12(3,4)14/h10,14H,5-9H2,1-4H3. The van der Waals surface area contributed by atoms with Crippen LogP contribution in [0.25, 0.3) is 0 Å². The summed E-state index contributed by atoms with van der Waals surface area (Å²) in [4.78, 5) is 11.5. The van der Waals surface area contributed by atoms with Gasteiger partial charge in [-0.15, -0.1) is 0 Å². The third kappa shape index (κ3) is 5.38. The van der Waals surface area contributed by atoms with E-state index in [0.717, 1.165) is 12.8 Å². The van der Waals surface area contributed by atoms with Crippen molar-refractivity contribution in [2.75, 3.05) is 0 Å². The fraction of sp³-hybridized carbons (Fsp3) is 0.917. The van der Waals surface area contributed by atoms with Gasteiger partial charge in [0.1, 0.15) is 5.60 Å². The third-order valence-electron chi connectivity index (χ3n) is 2.70. The molecule has 0 saturated carbocycles. The van der Waals surface area contributed by atoms with Crippen molar-refractivity contribution in [1.82, 2.24) is 0 Å². The lowest BCUT2D eigenvalue weighted by Crippen LogP contribution is -2.32. The van der Waals surface area contributed by atoms with Crippen LogP contribution in [0, 0.1) is 5.92 Å². The molecule has 0 saturated heterocycles. The maximum absolute atomic E-state index is 11.5. The second-order valence-electron chi connectivity index (χ2n) is 4.60. The van der Waals surface area contributed by atoms with Gasteiger partial charge >= 0.3 is 0 Å². The van der Waals surface area contributed by atoms with E-state index in [9.17, 15) is 9.90 Å². The average molecular weight is 200 g/mol. The van der Waals surface area contributed by atoms with E-state index in [1.165, 1.54) is 12.8 Å². The molecule has 0 amide bonds. The molecule has 0 fully saturated rings. The van der Waals surface area contributed by atoms with Crippen LogP contribution in [0.4, 0.5) is 0 Å². The molecule has 0 aliphatic rings. The van der Waals surface area contributed by atoms with Gasteiger partial charge in [0.25, 0.3) is 0 Å². The Bertz CT molecular complexity index is 168. The molecule has 0 aromatic heterocycles. The second-order valence-corrected chi connectivity index (χ2v) is 4.60. The summed E-state index contributed by atoms with van der Waals surface area (Å²) in [5, 5.41) is 9.51. The molecule has 14 heavy (non-hydrogen) atoms. The molecule has 0 aromatic carbocycles. The molecular formula is C12H24O2. The van der Waals surface area contributed by atoms with Gasteiger partial charge in [-0.25, -0.2) is 0 Å². The van der Waals surface area contributed by atoms with Crippen LogP contribution in [0.5, 0.6) is 0 Å². The van der Waals surface area contributed by atoms with Crippen molar-refractivity contribution >= 4 is 5.78 Å². The maximum atomic E-state index is 11.5. The predicted molar refractivity (Wildman–Crippen MR) is 59.2 cm³/mol. The Balaban J connectivity index is 3.99. The number of carbonyl (C=O) groups is 1. The van der Waals surface area contributed by atoms with E-state index in [-0.39, 0.29) is 5.78 Å². The first-order chi connectivity index (χ1) is 6.41. The summed E-state index contributed by atoms with van der Waals surface area (Å²) in [7, 11) is 0. The minimum absolute atomic E-state index is 0.0274.